The molecule has 1 saturated heterocycles. The highest BCUT2D eigenvalue weighted by atomic mass is 16.5. The standard InChI is InChI=1S/C21H28N4O2/c1-24-12-7-19(8-13-24)25(11-4-14-27-2)21(26)18-6-3-5-17(15-18)20-16-22-9-10-23-20/h3,5-6,9-10,15-16,19H,4,7-8,11-14H2,1-2H3. The van der Waals surface area contributed by atoms with Crippen molar-refractivity contribution in [3.8, 4) is 11.3 Å². The summed E-state index contributed by atoms with van der Waals surface area (Å²) in [5, 5.41) is 0. The van der Waals surface area contributed by atoms with Gasteiger partial charge in [-0.3, -0.25) is 14.8 Å². The summed E-state index contributed by atoms with van der Waals surface area (Å²) in [6.07, 6.45) is 7.91. The van der Waals surface area contributed by atoms with Crippen LogP contribution in [0.25, 0.3) is 11.3 Å². The van der Waals surface area contributed by atoms with E-state index < -0.39 is 0 Å². The molecule has 0 spiro atoms. The lowest BCUT2D eigenvalue weighted by molar-refractivity contribution is 0.0564. The van der Waals surface area contributed by atoms with Gasteiger partial charge >= 0.3 is 0 Å². The lowest BCUT2D eigenvalue weighted by Crippen LogP contribution is -2.47. The number of carbonyl (C=O) groups is 1. The molecule has 0 saturated carbocycles. The van der Waals surface area contributed by atoms with Crippen LogP contribution in [0.2, 0.25) is 0 Å². The van der Waals surface area contributed by atoms with Crippen LogP contribution in [0.4, 0.5) is 0 Å². The normalized spacial score (nSPS) is 15.6. The Morgan fingerprint density at radius 3 is 2.81 bits per heavy atom. The Kier molecular flexibility index (Phi) is 6.90. The quantitative estimate of drug-likeness (QED) is 0.704. The third-order valence-corrected chi connectivity index (χ3v) is 5.11. The number of likely N-dealkylation sites (tertiary alicyclic amines) is 1. The number of rotatable bonds is 7. The molecule has 0 aliphatic carbocycles. The van der Waals surface area contributed by atoms with Crippen LogP contribution in [0.3, 0.4) is 0 Å². The van der Waals surface area contributed by atoms with Crippen molar-refractivity contribution in [2.45, 2.75) is 25.3 Å². The SMILES string of the molecule is COCCCN(C(=O)c1cccc(-c2cnccn2)c1)C1CCN(C)CC1. The number of aromatic nitrogens is 2. The van der Waals surface area contributed by atoms with E-state index in [-0.39, 0.29) is 11.9 Å². The van der Waals surface area contributed by atoms with Crippen LogP contribution in [-0.2, 0) is 4.74 Å². The largest absolute Gasteiger partial charge is 0.385 e. The molecule has 6 heteroatoms. The maximum absolute atomic E-state index is 13.3. The van der Waals surface area contributed by atoms with Crippen molar-refractivity contribution in [2.24, 2.45) is 0 Å². The van der Waals surface area contributed by atoms with Gasteiger partial charge in [-0.05, 0) is 51.5 Å². The van der Waals surface area contributed by atoms with Gasteiger partial charge in [0.2, 0.25) is 0 Å². The molecule has 1 aromatic carbocycles. The molecule has 2 heterocycles. The molecule has 0 N–H and O–H groups in total. The van der Waals surface area contributed by atoms with Gasteiger partial charge in [0.05, 0.1) is 11.9 Å². The van der Waals surface area contributed by atoms with Crippen LogP contribution in [0, 0.1) is 0 Å². The molecule has 0 unspecified atom stereocenters. The fourth-order valence-corrected chi connectivity index (χ4v) is 3.56. The minimum Gasteiger partial charge on any atom is -0.385 e. The number of ether oxygens (including phenoxy) is 1. The second-order valence-electron chi connectivity index (χ2n) is 7.05. The first-order chi connectivity index (χ1) is 13.2. The molecule has 2 aromatic rings. The molecule has 1 aliphatic heterocycles. The number of nitrogens with zero attached hydrogens (tertiary/aromatic N) is 4. The average Bonchev–Trinajstić information content (AvgIpc) is 2.72. The predicted molar refractivity (Wildman–Crippen MR) is 106 cm³/mol. The Hall–Kier alpha value is -2.31. The van der Waals surface area contributed by atoms with Crippen molar-refractivity contribution < 1.29 is 9.53 Å². The highest BCUT2D eigenvalue weighted by Crippen LogP contribution is 2.22. The zero-order valence-electron chi connectivity index (χ0n) is 16.2. The van der Waals surface area contributed by atoms with E-state index in [1.165, 1.54) is 0 Å². The molecule has 144 valence electrons. The summed E-state index contributed by atoms with van der Waals surface area (Å²) < 4.78 is 5.20. The van der Waals surface area contributed by atoms with Gasteiger partial charge in [0.1, 0.15) is 0 Å². The van der Waals surface area contributed by atoms with Gasteiger partial charge in [0.15, 0.2) is 0 Å². The van der Waals surface area contributed by atoms with Crippen LogP contribution in [-0.4, -0.2) is 72.1 Å². The molecule has 1 aromatic heterocycles. The zero-order chi connectivity index (χ0) is 19.1. The Morgan fingerprint density at radius 2 is 2.11 bits per heavy atom. The minimum atomic E-state index is 0.0893. The summed E-state index contributed by atoms with van der Waals surface area (Å²) in [6.45, 7) is 3.43. The highest BCUT2D eigenvalue weighted by Gasteiger charge is 2.27. The lowest BCUT2D eigenvalue weighted by atomic mass is 10.0. The first-order valence-electron chi connectivity index (χ1n) is 9.54. The molecular formula is C21H28N4O2. The van der Waals surface area contributed by atoms with Crippen LogP contribution in [0.15, 0.2) is 42.9 Å². The van der Waals surface area contributed by atoms with Gasteiger partial charge in [-0.15, -0.1) is 0 Å². The van der Waals surface area contributed by atoms with E-state index in [4.69, 9.17) is 4.74 Å². The van der Waals surface area contributed by atoms with Crippen LogP contribution in [0.5, 0.6) is 0 Å². The summed E-state index contributed by atoms with van der Waals surface area (Å²) >= 11 is 0. The number of hydrogen-bond acceptors (Lipinski definition) is 5. The fourth-order valence-electron chi connectivity index (χ4n) is 3.56. The van der Waals surface area contributed by atoms with Crippen molar-refractivity contribution in [1.82, 2.24) is 19.8 Å². The molecule has 0 atom stereocenters. The second-order valence-corrected chi connectivity index (χ2v) is 7.05. The molecule has 0 bridgehead atoms. The third-order valence-electron chi connectivity index (χ3n) is 5.11. The fraction of sp³-hybridized carbons (Fsp3) is 0.476. The molecular weight excluding hydrogens is 340 g/mol. The number of benzene rings is 1. The monoisotopic (exact) mass is 368 g/mol. The Bertz CT molecular complexity index is 730. The number of methoxy groups -OCH3 is 1. The average molecular weight is 368 g/mol. The van der Waals surface area contributed by atoms with Gasteiger partial charge in [-0.25, -0.2) is 0 Å². The van der Waals surface area contributed by atoms with Crippen molar-refractivity contribution in [2.75, 3.05) is 40.4 Å². The third kappa shape index (κ3) is 5.11. The van der Waals surface area contributed by atoms with E-state index in [2.05, 4.69) is 21.9 Å². The molecule has 3 rings (SSSR count). The van der Waals surface area contributed by atoms with Gasteiger partial charge < -0.3 is 14.5 Å². The topological polar surface area (TPSA) is 58.6 Å². The van der Waals surface area contributed by atoms with Crippen LogP contribution < -0.4 is 0 Å². The van der Waals surface area contributed by atoms with E-state index in [9.17, 15) is 4.79 Å². The Morgan fingerprint density at radius 1 is 1.30 bits per heavy atom. The van der Waals surface area contributed by atoms with Crippen LogP contribution >= 0.6 is 0 Å². The van der Waals surface area contributed by atoms with E-state index in [1.807, 2.05) is 29.2 Å². The highest BCUT2D eigenvalue weighted by molar-refractivity contribution is 5.95. The number of amides is 1. The van der Waals surface area contributed by atoms with Crippen LogP contribution in [0.1, 0.15) is 29.6 Å². The van der Waals surface area contributed by atoms with E-state index in [0.717, 1.165) is 50.2 Å². The van der Waals surface area contributed by atoms with E-state index in [1.54, 1.807) is 25.7 Å². The zero-order valence-corrected chi connectivity index (χ0v) is 16.2. The summed E-state index contributed by atoms with van der Waals surface area (Å²) in [6, 6.07) is 7.97. The molecule has 1 amide bonds. The number of piperidine rings is 1. The molecule has 6 nitrogen and oxygen atoms in total. The molecule has 0 radical (unpaired) electrons. The summed E-state index contributed by atoms with van der Waals surface area (Å²) in [5.74, 6) is 0.0893. The van der Waals surface area contributed by atoms with Gasteiger partial charge in [-0.2, -0.15) is 0 Å². The predicted octanol–water partition coefficient (Wildman–Crippen LogP) is 2.72. The number of hydrogen-bond donors (Lipinski definition) is 0. The Labute approximate surface area is 161 Å². The minimum absolute atomic E-state index is 0.0893. The van der Waals surface area contributed by atoms with Gasteiger partial charge in [0, 0.05) is 49.8 Å². The summed E-state index contributed by atoms with van der Waals surface area (Å²) in [7, 11) is 3.84. The maximum Gasteiger partial charge on any atom is 0.254 e. The summed E-state index contributed by atoms with van der Waals surface area (Å²) in [5.41, 5.74) is 2.39. The molecule has 1 aliphatic rings. The first-order valence-corrected chi connectivity index (χ1v) is 9.54. The van der Waals surface area contributed by atoms with Gasteiger partial charge in [0.25, 0.3) is 5.91 Å². The van der Waals surface area contributed by atoms with Gasteiger partial charge in [-0.1, -0.05) is 12.1 Å². The smallest absolute Gasteiger partial charge is 0.254 e. The molecule has 27 heavy (non-hydrogen) atoms. The lowest BCUT2D eigenvalue weighted by Gasteiger charge is -2.37. The number of carbonyl (C=O) groups excluding carboxylic acids is 1. The van der Waals surface area contributed by atoms with Crippen molar-refractivity contribution in [1.29, 1.82) is 0 Å². The summed E-state index contributed by atoms with van der Waals surface area (Å²) in [4.78, 5) is 26.2. The molecule has 1 fully saturated rings. The van der Waals surface area contributed by atoms with Crippen molar-refractivity contribution in [3.05, 3.63) is 48.4 Å². The Balaban J connectivity index is 1.80. The maximum atomic E-state index is 13.3. The van der Waals surface area contributed by atoms with Crippen molar-refractivity contribution in [3.63, 3.8) is 0 Å². The second kappa shape index (κ2) is 9.58. The van der Waals surface area contributed by atoms with Crippen molar-refractivity contribution >= 4 is 5.91 Å². The first kappa shape index (κ1) is 19.5. The van der Waals surface area contributed by atoms with E-state index in [0.29, 0.717) is 12.2 Å². The van der Waals surface area contributed by atoms with E-state index >= 15 is 0 Å².